The van der Waals surface area contributed by atoms with Gasteiger partial charge in [0.25, 0.3) is 11.8 Å². The van der Waals surface area contributed by atoms with E-state index >= 15 is 0 Å². The van der Waals surface area contributed by atoms with Crippen molar-refractivity contribution in [1.82, 2.24) is 5.01 Å². The molecule has 2 aliphatic carbocycles. The van der Waals surface area contributed by atoms with Crippen LogP contribution in [0.15, 0.2) is 71.9 Å². The van der Waals surface area contributed by atoms with Gasteiger partial charge in [0.05, 0.1) is 25.2 Å². The van der Waals surface area contributed by atoms with Crippen molar-refractivity contribution in [1.29, 1.82) is 0 Å². The normalized spacial score (nSPS) is 25.4. The van der Waals surface area contributed by atoms with Gasteiger partial charge in [-0.3, -0.25) is 9.59 Å². The molecule has 2 aromatic carbocycles. The topological polar surface area (TPSA) is 85.3 Å². The van der Waals surface area contributed by atoms with Crippen molar-refractivity contribution in [3.05, 3.63) is 77.9 Å². The third kappa shape index (κ3) is 3.86. The Balaban J connectivity index is 1.27. The highest BCUT2D eigenvalue weighted by Crippen LogP contribution is 2.52. The first-order chi connectivity index (χ1) is 16.0. The van der Waals surface area contributed by atoms with Crippen molar-refractivity contribution in [3.63, 3.8) is 0 Å². The second kappa shape index (κ2) is 8.50. The number of benzene rings is 2. The quantitative estimate of drug-likeness (QED) is 0.171. The lowest BCUT2D eigenvalue weighted by atomic mass is 9.85. The predicted octanol–water partition coefficient (Wildman–Crippen LogP) is 3.46. The molecule has 166 valence electrons. The van der Waals surface area contributed by atoms with Crippen LogP contribution in [0.25, 0.3) is 6.08 Å². The zero-order valence-corrected chi connectivity index (χ0v) is 18.0. The van der Waals surface area contributed by atoms with Crippen molar-refractivity contribution in [2.75, 3.05) is 7.11 Å². The van der Waals surface area contributed by atoms with E-state index in [4.69, 9.17) is 9.47 Å². The third-order valence-corrected chi connectivity index (χ3v) is 6.38. The number of allylic oxidation sites excluding steroid dienone is 2. The maximum absolute atomic E-state index is 12.7. The van der Waals surface area contributed by atoms with Gasteiger partial charge in [-0.1, -0.05) is 42.5 Å². The summed E-state index contributed by atoms with van der Waals surface area (Å²) in [5.74, 6) is -0.720. The van der Waals surface area contributed by atoms with Gasteiger partial charge in [0.15, 0.2) is 11.5 Å². The van der Waals surface area contributed by atoms with E-state index in [1.807, 2.05) is 42.5 Å². The largest absolute Gasteiger partial charge is 0.493 e. The van der Waals surface area contributed by atoms with E-state index in [1.165, 1.54) is 19.4 Å². The van der Waals surface area contributed by atoms with Gasteiger partial charge in [0, 0.05) is 6.08 Å². The highest BCUT2D eigenvalue weighted by atomic mass is 16.6. The number of fused-ring (bicyclic) bond motifs is 5. The second-order valence-electron chi connectivity index (χ2n) is 8.31. The minimum absolute atomic E-state index is 0.140. The minimum Gasteiger partial charge on any atom is -0.493 e. The number of imide groups is 1. The highest BCUT2D eigenvalue weighted by molar-refractivity contribution is 6.06. The Morgan fingerprint density at radius 3 is 2.33 bits per heavy atom. The smallest absolute Gasteiger partial charge is 0.336 e. The molecule has 2 aromatic rings. The van der Waals surface area contributed by atoms with Gasteiger partial charge in [-0.25, -0.2) is 4.79 Å². The number of amides is 2. The zero-order valence-electron chi connectivity index (χ0n) is 18.0. The molecule has 0 aromatic heterocycles. The summed E-state index contributed by atoms with van der Waals surface area (Å²) in [5.41, 5.74) is 1.48. The van der Waals surface area contributed by atoms with Crippen molar-refractivity contribution in [3.8, 4) is 11.5 Å². The molecule has 1 saturated heterocycles. The molecular formula is C26H22N2O5. The summed E-state index contributed by atoms with van der Waals surface area (Å²) < 4.78 is 10.7. The summed E-state index contributed by atoms with van der Waals surface area (Å²) in [6, 6.07) is 14.3. The van der Waals surface area contributed by atoms with Gasteiger partial charge < -0.3 is 9.47 Å². The Morgan fingerprint density at radius 2 is 1.67 bits per heavy atom. The van der Waals surface area contributed by atoms with Crippen LogP contribution in [0.2, 0.25) is 0 Å². The number of hydrogen-bond acceptors (Lipinski definition) is 6. The Bertz CT molecular complexity index is 1170. The first-order valence-electron chi connectivity index (χ1n) is 10.8. The van der Waals surface area contributed by atoms with Crippen LogP contribution in [0, 0.1) is 23.7 Å². The van der Waals surface area contributed by atoms with Crippen LogP contribution < -0.4 is 9.47 Å². The summed E-state index contributed by atoms with van der Waals surface area (Å²) in [6.07, 6.45) is 9.41. The van der Waals surface area contributed by atoms with Crippen LogP contribution in [-0.4, -0.2) is 36.1 Å². The molecule has 4 atom stereocenters. The number of hydrogen-bond donors (Lipinski definition) is 0. The van der Waals surface area contributed by atoms with E-state index < -0.39 is 5.97 Å². The molecular weight excluding hydrogens is 420 g/mol. The molecule has 1 aliphatic heterocycles. The summed E-state index contributed by atoms with van der Waals surface area (Å²) in [6.45, 7) is 0. The summed E-state index contributed by atoms with van der Waals surface area (Å²) >= 11 is 0. The lowest BCUT2D eigenvalue weighted by Gasteiger charge is -2.13. The standard InChI is InChI=1S/C26H22N2O5/c1-32-21-13-17(7-11-20(21)33-22(29)12-8-16-5-3-2-4-6-16)15-27-28-25(30)23-18-9-10-19(14-18)24(23)26(28)31/h2-13,15,18-19,23-24H,14H2,1H3/b12-8+,27-15?/t18-,19-,23-,24+/m0/s1. The fraction of sp³-hybridized carbons (Fsp3) is 0.231. The van der Waals surface area contributed by atoms with Crippen molar-refractivity contribution < 1.29 is 23.9 Å². The molecule has 7 nitrogen and oxygen atoms in total. The molecule has 1 heterocycles. The molecule has 2 fully saturated rings. The van der Waals surface area contributed by atoms with E-state index in [1.54, 1.807) is 24.3 Å². The van der Waals surface area contributed by atoms with Crippen LogP contribution in [0.1, 0.15) is 17.5 Å². The molecule has 7 heteroatoms. The number of carbonyl (C=O) groups excluding carboxylic acids is 3. The van der Waals surface area contributed by atoms with E-state index in [2.05, 4.69) is 5.10 Å². The summed E-state index contributed by atoms with van der Waals surface area (Å²) in [5, 5.41) is 5.17. The van der Waals surface area contributed by atoms with Gasteiger partial charge >= 0.3 is 5.97 Å². The zero-order chi connectivity index (χ0) is 22.9. The molecule has 0 spiro atoms. The highest BCUT2D eigenvalue weighted by Gasteiger charge is 2.59. The van der Waals surface area contributed by atoms with Gasteiger partial charge in [-0.15, -0.1) is 0 Å². The molecule has 0 N–H and O–H groups in total. The average Bonchev–Trinajstić information content (AvgIpc) is 3.52. The number of hydrazone groups is 1. The third-order valence-electron chi connectivity index (χ3n) is 6.38. The van der Waals surface area contributed by atoms with Gasteiger partial charge in [-0.05, 0) is 53.7 Å². The Kier molecular flexibility index (Phi) is 5.38. The summed E-state index contributed by atoms with van der Waals surface area (Å²) in [7, 11) is 1.46. The van der Waals surface area contributed by atoms with E-state index in [0.29, 0.717) is 11.3 Å². The van der Waals surface area contributed by atoms with Crippen molar-refractivity contribution in [2.24, 2.45) is 28.8 Å². The molecule has 33 heavy (non-hydrogen) atoms. The van der Waals surface area contributed by atoms with E-state index in [0.717, 1.165) is 17.0 Å². The van der Waals surface area contributed by atoms with Crippen LogP contribution in [0.5, 0.6) is 11.5 Å². The van der Waals surface area contributed by atoms with Crippen LogP contribution in [0.3, 0.4) is 0 Å². The van der Waals surface area contributed by atoms with Crippen molar-refractivity contribution >= 4 is 30.1 Å². The van der Waals surface area contributed by atoms with Crippen LogP contribution in [-0.2, 0) is 14.4 Å². The molecule has 1 saturated carbocycles. The first kappa shape index (κ1) is 20.9. The Labute approximate surface area is 191 Å². The van der Waals surface area contributed by atoms with Gasteiger partial charge in [-0.2, -0.15) is 10.1 Å². The molecule has 2 bridgehead atoms. The van der Waals surface area contributed by atoms with E-state index in [9.17, 15) is 14.4 Å². The molecule has 0 radical (unpaired) electrons. The van der Waals surface area contributed by atoms with Crippen molar-refractivity contribution in [2.45, 2.75) is 6.42 Å². The minimum atomic E-state index is -0.540. The number of ether oxygens (including phenoxy) is 2. The number of nitrogens with zero attached hydrogens (tertiary/aromatic N) is 2. The first-order valence-corrected chi connectivity index (χ1v) is 10.8. The number of esters is 1. The lowest BCUT2D eigenvalue weighted by Crippen LogP contribution is -2.28. The van der Waals surface area contributed by atoms with Gasteiger partial charge in [0.1, 0.15) is 0 Å². The molecule has 2 amide bonds. The van der Waals surface area contributed by atoms with E-state index in [-0.39, 0.29) is 41.2 Å². The average molecular weight is 442 g/mol. The monoisotopic (exact) mass is 442 g/mol. The number of carbonyl (C=O) groups is 3. The molecule has 5 rings (SSSR count). The number of methoxy groups -OCH3 is 1. The fourth-order valence-electron chi connectivity index (χ4n) is 4.84. The Hall–Kier alpha value is -4.00. The van der Waals surface area contributed by atoms with Gasteiger partial charge in [0.2, 0.25) is 0 Å². The maximum Gasteiger partial charge on any atom is 0.336 e. The van der Waals surface area contributed by atoms with Crippen LogP contribution in [0.4, 0.5) is 0 Å². The SMILES string of the molecule is COc1cc(C=NN2C(=O)[C@@H]3[C@H](C2=O)[C@H]2C=C[C@H]3C2)ccc1OC(=O)/C=C/c1ccccc1. The van der Waals surface area contributed by atoms with Crippen LogP contribution >= 0.6 is 0 Å². The Morgan fingerprint density at radius 1 is 0.970 bits per heavy atom. The second-order valence-corrected chi connectivity index (χ2v) is 8.31. The lowest BCUT2D eigenvalue weighted by molar-refractivity contribution is -0.140. The fourth-order valence-corrected chi connectivity index (χ4v) is 4.84. The number of rotatable bonds is 6. The predicted molar refractivity (Wildman–Crippen MR) is 121 cm³/mol. The molecule has 0 unspecified atom stereocenters. The molecule has 3 aliphatic rings. The summed E-state index contributed by atoms with van der Waals surface area (Å²) in [4.78, 5) is 37.7. The maximum atomic E-state index is 12.7.